The van der Waals surface area contributed by atoms with E-state index >= 15 is 0 Å². The summed E-state index contributed by atoms with van der Waals surface area (Å²) in [6, 6.07) is 12.7. The van der Waals surface area contributed by atoms with Gasteiger partial charge in [-0.3, -0.25) is 9.69 Å². The maximum Gasteiger partial charge on any atom is 0.231 e. The van der Waals surface area contributed by atoms with Gasteiger partial charge < -0.3 is 15.5 Å². The van der Waals surface area contributed by atoms with Crippen molar-refractivity contribution in [1.29, 1.82) is 5.26 Å². The van der Waals surface area contributed by atoms with Crippen molar-refractivity contribution < 1.29 is 9.18 Å². The van der Waals surface area contributed by atoms with Crippen molar-refractivity contribution in [3.05, 3.63) is 58.5 Å². The largest absolute Gasteiger partial charge is 0.369 e. The van der Waals surface area contributed by atoms with Crippen molar-refractivity contribution in [3.63, 3.8) is 0 Å². The SMILES string of the molecule is Cc1cc(N2CCN(CC(N)=O)CC2)cc2c(N(C)c3nc(-c4ccc(F)cc4)c(C#N)s3)c(C3CC3)nn12. The zero-order valence-electron chi connectivity index (χ0n) is 21.9. The Morgan fingerprint density at radius 1 is 1.21 bits per heavy atom. The van der Waals surface area contributed by atoms with Gasteiger partial charge >= 0.3 is 0 Å². The van der Waals surface area contributed by atoms with Gasteiger partial charge in [0.25, 0.3) is 0 Å². The van der Waals surface area contributed by atoms with Crippen LogP contribution < -0.4 is 15.5 Å². The molecule has 1 aliphatic heterocycles. The first-order chi connectivity index (χ1) is 18.8. The van der Waals surface area contributed by atoms with Crippen LogP contribution in [0.25, 0.3) is 16.8 Å². The van der Waals surface area contributed by atoms with E-state index in [1.165, 1.54) is 23.5 Å². The lowest BCUT2D eigenvalue weighted by Crippen LogP contribution is -2.48. The highest BCUT2D eigenvalue weighted by atomic mass is 32.1. The number of nitriles is 1. The van der Waals surface area contributed by atoms with Gasteiger partial charge in [-0.15, -0.1) is 0 Å². The van der Waals surface area contributed by atoms with Crippen molar-refractivity contribution in [2.75, 3.05) is 49.6 Å². The van der Waals surface area contributed by atoms with E-state index in [1.807, 2.05) is 16.5 Å². The van der Waals surface area contributed by atoms with Crippen LogP contribution in [0.15, 0.2) is 36.4 Å². The standard InChI is InChI=1S/C28H29FN8OS/c1-17-13-21(36-11-9-35(10-12-36)16-24(31)38)14-22-27(26(19-3-4-19)33-37(17)22)34(2)28-32-25(23(15-30)39-28)18-5-7-20(29)8-6-18/h5-8,13-14,19H,3-4,9-12,16H2,1-2H3,(H2,31,38). The second-order valence-electron chi connectivity index (χ2n) is 10.2. The lowest BCUT2D eigenvalue weighted by Gasteiger charge is -2.35. The first kappa shape index (κ1) is 25.3. The van der Waals surface area contributed by atoms with Gasteiger partial charge in [-0.2, -0.15) is 10.4 Å². The van der Waals surface area contributed by atoms with E-state index in [4.69, 9.17) is 15.8 Å². The van der Waals surface area contributed by atoms with Crippen molar-refractivity contribution in [2.45, 2.75) is 25.7 Å². The molecule has 1 saturated carbocycles. The summed E-state index contributed by atoms with van der Waals surface area (Å²) < 4.78 is 15.5. The molecule has 0 radical (unpaired) electrons. The van der Waals surface area contributed by atoms with Crippen LogP contribution in [0.5, 0.6) is 0 Å². The molecular weight excluding hydrogens is 515 g/mol. The zero-order chi connectivity index (χ0) is 27.3. The predicted molar refractivity (Wildman–Crippen MR) is 150 cm³/mol. The summed E-state index contributed by atoms with van der Waals surface area (Å²) in [7, 11) is 1.97. The minimum atomic E-state index is -0.328. The highest BCUT2D eigenvalue weighted by Gasteiger charge is 2.33. The van der Waals surface area contributed by atoms with Gasteiger partial charge in [0.2, 0.25) is 5.91 Å². The molecule has 1 aliphatic carbocycles. The number of hydrogen-bond donors (Lipinski definition) is 1. The molecule has 11 heteroatoms. The summed E-state index contributed by atoms with van der Waals surface area (Å²) in [5.74, 6) is -0.232. The third-order valence-corrected chi connectivity index (χ3v) is 8.47. The molecule has 0 unspecified atom stereocenters. The van der Waals surface area contributed by atoms with Crippen molar-refractivity contribution in [2.24, 2.45) is 5.73 Å². The molecule has 6 rings (SSSR count). The van der Waals surface area contributed by atoms with Crippen molar-refractivity contribution in [3.8, 4) is 17.3 Å². The smallest absolute Gasteiger partial charge is 0.231 e. The average molecular weight is 545 g/mol. The topological polar surface area (TPSA) is 107 Å². The number of piperazine rings is 1. The van der Waals surface area contributed by atoms with Crippen LogP contribution in [-0.4, -0.2) is 65.2 Å². The number of thiazole rings is 1. The number of aryl methyl sites for hydroxylation is 1. The molecule has 3 aromatic heterocycles. The van der Waals surface area contributed by atoms with Crippen LogP contribution in [0.2, 0.25) is 0 Å². The summed E-state index contributed by atoms with van der Waals surface area (Å²) >= 11 is 1.32. The van der Waals surface area contributed by atoms with Crippen LogP contribution in [0.1, 0.15) is 35.0 Å². The number of pyridine rings is 1. The number of carbonyl (C=O) groups is 1. The summed E-state index contributed by atoms with van der Waals surface area (Å²) in [6.45, 7) is 5.50. The molecule has 0 bridgehead atoms. The first-order valence-corrected chi connectivity index (χ1v) is 13.8. The Morgan fingerprint density at radius 3 is 2.56 bits per heavy atom. The maximum absolute atomic E-state index is 13.5. The second-order valence-corrected chi connectivity index (χ2v) is 11.2. The summed E-state index contributed by atoms with van der Waals surface area (Å²) in [5.41, 5.74) is 11.8. The molecule has 2 aliphatic rings. The molecule has 4 aromatic rings. The molecular formula is C28H29FN8OS. The number of carbonyl (C=O) groups excluding carboxylic acids is 1. The van der Waals surface area contributed by atoms with Crippen LogP contribution in [0.3, 0.4) is 0 Å². The summed E-state index contributed by atoms with van der Waals surface area (Å²) in [4.78, 5) is 23.1. The Morgan fingerprint density at radius 2 is 1.92 bits per heavy atom. The number of amides is 1. The monoisotopic (exact) mass is 544 g/mol. The van der Waals surface area contributed by atoms with E-state index < -0.39 is 0 Å². The molecule has 0 atom stereocenters. The van der Waals surface area contributed by atoms with E-state index in [0.29, 0.717) is 27.2 Å². The number of benzene rings is 1. The molecule has 0 spiro atoms. The lowest BCUT2D eigenvalue weighted by molar-refractivity contribution is -0.119. The Labute approximate surface area is 229 Å². The van der Waals surface area contributed by atoms with E-state index in [2.05, 4.69) is 34.9 Å². The molecule has 1 saturated heterocycles. The molecule has 200 valence electrons. The number of rotatable bonds is 7. The molecule has 1 amide bonds. The Balaban J connectivity index is 1.39. The van der Waals surface area contributed by atoms with Gasteiger partial charge in [0.15, 0.2) is 5.13 Å². The van der Waals surface area contributed by atoms with Crippen LogP contribution in [-0.2, 0) is 4.79 Å². The number of nitrogens with two attached hydrogens (primary N) is 1. The van der Waals surface area contributed by atoms with E-state index in [9.17, 15) is 14.4 Å². The number of fused-ring (bicyclic) bond motifs is 1. The van der Waals surface area contributed by atoms with E-state index in [0.717, 1.165) is 67.3 Å². The molecule has 2 fully saturated rings. The number of aromatic nitrogens is 3. The quantitative estimate of drug-likeness (QED) is 0.374. The fraction of sp³-hybridized carbons (Fsp3) is 0.357. The highest BCUT2D eigenvalue weighted by Crippen LogP contribution is 2.48. The molecule has 2 N–H and O–H groups in total. The minimum Gasteiger partial charge on any atom is -0.369 e. The van der Waals surface area contributed by atoms with E-state index in [-0.39, 0.29) is 18.3 Å². The Hall–Kier alpha value is -4.01. The van der Waals surface area contributed by atoms with Gasteiger partial charge in [-0.05, 0) is 56.2 Å². The number of halogens is 1. The fourth-order valence-electron chi connectivity index (χ4n) is 5.27. The summed E-state index contributed by atoms with van der Waals surface area (Å²) in [6.07, 6.45) is 2.20. The first-order valence-electron chi connectivity index (χ1n) is 13.0. The minimum absolute atomic E-state index is 0.284. The third-order valence-electron chi connectivity index (χ3n) is 7.43. The lowest BCUT2D eigenvalue weighted by atomic mass is 10.1. The number of anilines is 3. The number of hydrogen-bond acceptors (Lipinski definition) is 8. The van der Waals surface area contributed by atoms with Gasteiger partial charge in [0, 0.05) is 56.1 Å². The van der Waals surface area contributed by atoms with Crippen LogP contribution >= 0.6 is 11.3 Å². The van der Waals surface area contributed by atoms with Crippen molar-refractivity contribution in [1.82, 2.24) is 19.5 Å². The van der Waals surface area contributed by atoms with Gasteiger partial charge in [0.1, 0.15) is 22.5 Å². The summed E-state index contributed by atoms with van der Waals surface area (Å²) in [5, 5.41) is 15.6. The Kier molecular flexibility index (Phi) is 6.45. The third kappa shape index (κ3) is 4.82. The predicted octanol–water partition coefficient (Wildman–Crippen LogP) is 4.03. The van der Waals surface area contributed by atoms with Crippen LogP contribution in [0, 0.1) is 24.1 Å². The molecule has 39 heavy (non-hydrogen) atoms. The van der Waals surface area contributed by atoms with Gasteiger partial charge in [-0.25, -0.2) is 13.9 Å². The average Bonchev–Trinajstić information content (AvgIpc) is 3.55. The molecule has 1 aromatic carbocycles. The van der Waals surface area contributed by atoms with Crippen LogP contribution in [0.4, 0.5) is 20.9 Å². The van der Waals surface area contributed by atoms with E-state index in [1.54, 1.807) is 12.1 Å². The fourth-order valence-corrected chi connectivity index (χ4v) is 6.12. The van der Waals surface area contributed by atoms with Crippen molar-refractivity contribution >= 4 is 39.3 Å². The Bertz CT molecular complexity index is 1590. The second kappa shape index (κ2) is 9.94. The zero-order valence-corrected chi connectivity index (χ0v) is 22.7. The van der Waals surface area contributed by atoms with Gasteiger partial charge in [0.05, 0.1) is 23.4 Å². The maximum atomic E-state index is 13.5. The highest BCUT2D eigenvalue weighted by molar-refractivity contribution is 7.16. The molecule has 9 nitrogen and oxygen atoms in total. The normalized spacial score (nSPS) is 16.0. The number of nitrogens with zero attached hydrogens (tertiary/aromatic N) is 7. The number of primary amides is 1. The molecule has 4 heterocycles. The van der Waals surface area contributed by atoms with Gasteiger partial charge in [-0.1, -0.05) is 11.3 Å².